The topological polar surface area (TPSA) is 71.3 Å². The SMILES string of the molecule is Cc1nc(C(=O)N2CCC(CC(=O)N3CCCC3)CC2)nn1-c1ccc(Cl)cc1. The lowest BCUT2D eigenvalue weighted by Gasteiger charge is -2.31. The molecule has 2 aliphatic rings. The standard InChI is InChI=1S/C21H26ClN5O2/c1-15-23-20(24-27(15)18-6-4-17(22)5-7-18)21(29)26-12-8-16(9-13-26)14-19(28)25-10-2-3-11-25/h4-7,16H,2-3,8-14H2,1H3. The maximum absolute atomic E-state index is 12.9. The van der Waals surface area contributed by atoms with Crippen LogP contribution in [0.4, 0.5) is 0 Å². The molecule has 2 amide bonds. The maximum Gasteiger partial charge on any atom is 0.293 e. The first kappa shape index (κ1) is 19.9. The third-order valence-corrected chi connectivity index (χ3v) is 6.11. The van der Waals surface area contributed by atoms with Gasteiger partial charge in [-0.15, -0.1) is 5.10 Å². The van der Waals surface area contributed by atoms with Gasteiger partial charge in [0.25, 0.3) is 5.91 Å². The molecule has 4 rings (SSSR count). The highest BCUT2D eigenvalue weighted by molar-refractivity contribution is 6.30. The third kappa shape index (κ3) is 4.45. The number of likely N-dealkylation sites (tertiary alicyclic amines) is 2. The van der Waals surface area contributed by atoms with E-state index in [1.54, 1.807) is 21.7 Å². The Morgan fingerprint density at radius 2 is 1.69 bits per heavy atom. The summed E-state index contributed by atoms with van der Waals surface area (Å²) in [7, 11) is 0. The minimum absolute atomic E-state index is 0.148. The Morgan fingerprint density at radius 1 is 1.03 bits per heavy atom. The number of aryl methyl sites for hydroxylation is 1. The van der Waals surface area contributed by atoms with Crippen LogP contribution in [0.15, 0.2) is 24.3 Å². The molecule has 0 unspecified atom stereocenters. The Hall–Kier alpha value is -2.41. The molecule has 0 aliphatic carbocycles. The number of carbonyl (C=O) groups excluding carboxylic acids is 2. The first-order valence-corrected chi connectivity index (χ1v) is 10.7. The molecule has 154 valence electrons. The number of rotatable bonds is 4. The van der Waals surface area contributed by atoms with E-state index in [-0.39, 0.29) is 17.6 Å². The van der Waals surface area contributed by atoms with Crippen molar-refractivity contribution in [3.05, 3.63) is 40.9 Å². The van der Waals surface area contributed by atoms with E-state index < -0.39 is 0 Å². The van der Waals surface area contributed by atoms with Gasteiger partial charge in [-0.1, -0.05) is 11.6 Å². The van der Waals surface area contributed by atoms with E-state index in [0.717, 1.165) is 44.5 Å². The van der Waals surface area contributed by atoms with Crippen molar-refractivity contribution in [2.45, 2.75) is 39.0 Å². The first-order valence-electron chi connectivity index (χ1n) is 10.3. The summed E-state index contributed by atoms with van der Waals surface area (Å²) in [6, 6.07) is 7.27. The summed E-state index contributed by atoms with van der Waals surface area (Å²) in [5.74, 6) is 1.34. The Morgan fingerprint density at radius 3 is 2.34 bits per heavy atom. The Bertz CT molecular complexity index is 881. The zero-order valence-corrected chi connectivity index (χ0v) is 17.4. The third-order valence-electron chi connectivity index (χ3n) is 5.86. The van der Waals surface area contributed by atoms with Crippen molar-refractivity contribution in [1.29, 1.82) is 0 Å². The van der Waals surface area contributed by atoms with Gasteiger partial charge in [0, 0.05) is 37.6 Å². The number of piperidine rings is 1. The molecule has 29 heavy (non-hydrogen) atoms. The van der Waals surface area contributed by atoms with E-state index in [1.807, 2.05) is 24.0 Å². The minimum Gasteiger partial charge on any atom is -0.343 e. The summed E-state index contributed by atoms with van der Waals surface area (Å²) in [5.41, 5.74) is 0.817. The van der Waals surface area contributed by atoms with Crippen LogP contribution in [0.3, 0.4) is 0 Å². The molecule has 0 N–H and O–H groups in total. The average molecular weight is 416 g/mol. The van der Waals surface area contributed by atoms with Gasteiger partial charge in [-0.3, -0.25) is 9.59 Å². The van der Waals surface area contributed by atoms with Crippen LogP contribution < -0.4 is 0 Å². The fraction of sp³-hybridized carbons (Fsp3) is 0.524. The molecule has 2 aliphatic heterocycles. The molecule has 3 heterocycles. The molecule has 0 radical (unpaired) electrons. The second-order valence-corrected chi connectivity index (χ2v) is 8.33. The van der Waals surface area contributed by atoms with E-state index in [9.17, 15) is 9.59 Å². The summed E-state index contributed by atoms with van der Waals surface area (Å²) in [5, 5.41) is 5.06. The van der Waals surface area contributed by atoms with Crippen molar-refractivity contribution in [1.82, 2.24) is 24.6 Å². The fourth-order valence-corrected chi connectivity index (χ4v) is 4.26. The van der Waals surface area contributed by atoms with E-state index >= 15 is 0 Å². The normalized spacial score (nSPS) is 17.7. The zero-order valence-electron chi connectivity index (χ0n) is 16.7. The number of halogens is 1. The van der Waals surface area contributed by atoms with Crippen LogP contribution in [-0.4, -0.2) is 62.6 Å². The molecule has 7 nitrogen and oxygen atoms in total. The second kappa shape index (κ2) is 8.53. The molecule has 2 aromatic rings. The monoisotopic (exact) mass is 415 g/mol. The lowest BCUT2D eigenvalue weighted by atomic mass is 9.93. The molecular weight excluding hydrogens is 390 g/mol. The summed E-state index contributed by atoms with van der Waals surface area (Å²) < 4.78 is 1.66. The van der Waals surface area contributed by atoms with Crippen molar-refractivity contribution in [2.75, 3.05) is 26.2 Å². The highest BCUT2D eigenvalue weighted by atomic mass is 35.5. The minimum atomic E-state index is -0.148. The van der Waals surface area contributed by atoms with Crippen molar-refractivity contribution in [3.8, 4) is 5.69 Å². The number of amides is 2. The number of aromatic nitrogens is 3. The summed E-state index contributed by atoms with van der Waals surface area (Å²) >= 11 is 5.95. The Kier molecular flexibility index (Phi) is 5.85. The number of hydrogen-bond acceptors (Lipinski definition) is 4. The van der Waals surface area contributed by atoms with Crippen LogP contribution in [0.1, 0.15) is 48.5 Å². The van der Waals surface area contributed by atoms with Crippen LogP contribution in [0.5, 0.6) is 0 Å². The van der Waals surface area contributed by atoms with Crippen LogP contribution in [0, 0.1) is 12.8 Å². The zero-order chi connectivity index (χ0) is 20.4. The fourth-order valence-electron chi connectivity index (χ4n) is 4.13. The molecule has 2 saturated heterocycles. The van der Waals surface area contributed by atoms with Crippen molar-refractivity contribution >= 4 is 23.4 Å². The van der Waals surface area contributed by atoms with Gasteiger partial charge in [0.1, 0.15) is 5.82 Å². The molecule has 1 aromatic carbocycles. The van der Waals surface area contributed by atoms with E-state index in [1.165, 1.54) is 0 Å². The molecule has 0 saturated carbocycles. The quantitative estimate of drug-likeness (QED) is 0.769. The Balaban J connectivity index is 1.35. The number of carbonyl (C=O) groups is 2. The number of nitrogens with zero attached hydrogens (tertiary/aromatic N) is 5. The van der Waals surface area contributed by atoms with Gasteiger partial charge in [0.05, 0.1) is 5.69 Å². The predicted octanol–water partition coefficient (Wildman–Crippen LogP) is 3.09. The summed E-state index contributed by atoms with van der Waals surface area (Å²) in [6.45, 7) is 4.92. The van der Waals surface area contributed by atoms with Gasteiger partial charge in [-0.25, -0.2) is 9.67 Å². The van der Waals surface area contributed by atoms with Crippen molar-refractivity contribution < 1.29 is 9.59 Å². The smallest absolute Gasteiger partial charge is 0.293 e. The van der Waals surface area contributed by atoms with Gasteiger partial charge in [0.2, 0.25) is 11.7 Å². The maximum atomic E-state index is 12.9. The molecule has 8 heteroatoms. The lowest BCUT2D eigenvalue weighted by Crippen LogP contribution is -2.40. The van der Waals surface area contributed by atoms with Crippen LogP contribution >= 0.6 is 11.6 Å². The molecular formula is C21H26ClN5O2. The Labute approximate surface area is 175 Å². The second-order valence-electron chi connectivity index (χ2n) is 7.90. The van der Waals surface area contributed by atoms with Gasteiger partial charge in [-0.05, 0) is 62.8 Å². The lowest BCUT2D eigenvalue weighted by molar-refractivity contribution is -0.131. The highest BCUT2D eigenvalue weighted by Crippen LogP contribution is 2.24. The van der Waals surface area contributed by atoms with Crippen molar-refractivity contribution in [2.24, 2.45) is 5.92 Å². The van der Waals surface area contributed by atoms with Gasteiger partial charge in [0.15, 0.2) is 0 Å². The number of benzene rings is 1. The summed E-state index contributed by atoms with van der Waals surface area (Å²) in [6.07, 6.45) is 4.54. The van der Waals surface area contributed by atoms with E-state index in [4.69, 9.17) is 11.6 Å². The number of hydrogen-bond donors (Lipinski definition) is 0. The van der Waals surface area contributed by atoms with E-state index in [2.05, 4.69) is 10.1 Å². The summed E-state index contributed by atoms with van der Waals surface area (Å²) in [4.78, 5) is 33.4. The van der Waals surface area contributed by atoms with Gasteiger partial charge >= 0.3 is 0 Å². The van der Waals surface area contributed by atoms with Crippen LogP contribution in [0.25, 0.3) is 5.69 Å². The van der Waals surface area contributed by atoms with Gasteiger partial charge in [-0.2, -0.15) is 0 Å². The van der Waals surface area contributed by atoms with E-state index in [0.29, 0.717) is 36.3 Å². The highest BCUT2D eigenvalue weighted by Gasteiger charge is 2.29. The molecule has 0 spiro atoms. The van der Waals surface area contributed by atoms with Gasteiger partial charge < -0.3 is 9.80 Å². The molecule has 0 bridgehead atoms. The van der Waals surface area contributed by atoms with Crippen LogP contribution in [0.2, 0.25) is 5.02 Å². The first-order chi connectivity index (χ1) is 14.0. The molecule has 1 aromatic heterocycles. The largest absolute Gasteiger partial charge is 0.343 e. The molecule has 0 atom stereocenters. The van der Waals surface area contributed by atoms with Crippen molar-refractivity contribution in [3.63, 3.8) is 0 Å². The van der Waals surface area contributed by atoms with Crippen LogP contribution in [-0.2, 0) is 4.79 Å². The predicted molar refractivity (Wildman–Crippen MR) is 110 cm³/mol. The average Bonchev–Trinajstić information content (AvgIpc) is 3.39. The molecule has 2 fully saturated rings.